The Bertz CT molecular complexity index is 511. The van der Waals surface area contributed by atoms with Crippen LogP contribution in [0.4, 0.5) is 4.39 Å². The van der Waals surface area contributed by atoms with Gasteiger partial charge in [-0.15, -0.1) is 0 Å². The van der Waals surface area contributed by atoms with E-state index in [0.717, 1.165) is 18.7 Å². The molecular formula is C16H20FNO2. The maximum atomic E-state index is 13.3. The minimum atomic E-state index is -0.306. The summed E-state index contributed by atoms with van der Waals surface area (Å²) in [6.45, 7) is 6.32. The first kappa shape index (κ1) is 15.0. The number of rotatable bonds is 2. The highest BCUT2D eigenvalue weighted by atomic mass is 19.1. The lowest BCUT2D eigenvalue weighted by Gasteiger charge is -2.35. The molecule has 0 bridgehead atoms. The van der Waals surface area contributed by atoms with Gasteiger partial charge in [0, 0.05) is 25.2 Å². The van der Waals surface area contributed by atoms with Crippen LogP contribution in [0.25, 0.3) is 0 Å². The minimum absolute atomic E-state index is 0.200. The van der Waals surface area contributed by atoms with Crippen molar-refractivity contribution < 1.29 is 14.2 Å². The Morgan fingerprint density at radius 3 is 2.70 bits per heavy atom. The molecule has 2 rings (SSSR count). The summed E-state index contributed by atoms with van der Waals surface area (Å²) in [5.41, 5.74) is 1.62. The Morgan fingerprint density at radius 1 is 1.35 bits per heavy atom. The maximum Gasteiger partial charge on any atom is 0.124 e. The second-order valence-corrected chi connectivity index (χ2v) is 5.21. The molecule has 108 valence electrons. The minimum Gasteiger partial charge on any atom is -0.384 e. The van der Waals surface area contributed by atoms with E-state index in [1.165, 1.54) is 12.1 Å². The molecule has 0 spiro atoms. The van der Waals surface area contributed by atoms with Crippen LogP contribution in [0.15, 0.2) is 18.2 Å². The quantitative estimate of drug-likeness (QED) is 0.836. The van der Waals surface area contributed by atoms with Gasteiger partial charge in [0.05, 0.1) is 12.2 Å². The summed E-state index contributed by atoms with van der Waals surface area (Å²) in [5.74, 6) is 5.09. The van der Waals surface area contributed by atoms with Crippen LogP contribution in [-0.2, 0) is 11.3 Å². The molecule has 0 saturated carbocycles. The molecule has 1 heterocycles. The van der Waals surface area contributed by atoms with E-state index in [0.29, 0.717) is 12.1 Å². The van der Waals surface area contributed by atoms with E-state index in [1.807, 2.05) is 0 Å². The number of hydrogen-bond donors (Lipinski definition) is 1. The normalized spacial score (nSPS) is 23.2. The molecule has 0 aliphatic carbocycles. The summed E-state index contributed by atoms with van der Waals surface area (Å²) in [6.07, 6.45) is 0.400. The van der Waals surface area contributed by atoms with E-state index < -0.39 is 0 Å². The van der Waals surface area contributed by atoms with Crippen LogP contribution in [-0.4, -0.2) is 41.9 Å². The van der Waals surface area contributed by atoms with Gasteiger partial charge in [-0.1, -0.05) is 17.9 Å². The standard InChI is InChI=1S/C16H20FNO2/c1-12-9-18(10-13(2)20-12)11-15-5-6-16(17)8-14(15)4-3-7-19/h5-6,8,12-13,19H,7,9-11H2,1-2H3. The number of halogens is 1. The van der Waals surface area contributed by atoms with Crippen molar-refractivity contribution in [3.63, 3.8) is 0 Å². The largest absolute Gasteiger partial charge is 0.384 e. The smallest absolute Gasteiger partial charge is 0.124 e. The zero-order valence-corrected chi connectivity index (χ0v) is 11.9. The highest BCUT2D eigenvalue weighted by Crippen LogP contribution is 2.17. The zero-order valence-electron chi connectivity index (χ0n) is 11.9. The van der Waals surface area contributed by atoms with E-state index in [4.69, 9.17) is 9.84 Å². The van der Waals surface area contributed by atoms with Gasteiger partial charge >= 0.3 is 0 Å². The molecule has 1 saturated heterocycles. The Balaban J connectivity index is 2.16. The van der Waals surface area contributed by atoms with Gasteiger partial charge in [-0.05, 0) is 31.5 Å². The fourth-order valence-electron chi connectivity index (χ4n) is 2.59. The predicted molar refractivity (Wildman–Crippen MR) is 75.6 cm³/mol. The van der Waals surface area contributed by atoms with Gasteiger partial charge < -0.3 is 9.84 Å². The third kappa shape index (κ3) is 4.04. The Labute approximate surface area is 119 Å². The molecule has 3 nitrogen and oxygen atoms in total. The van der Waals surface area contributed by atoms with Crippen LogP contribution in [0.2, 0.25) is 0 Å². The molecule has 2 atom stereocenters. The molecule has 2 unspecified atom stereocenters. The number of benzene rings is 1. The molecule has 1 aliphatic rings. The number of aliphatic hydroxyl groups excluding tert-OH is 1. The molecule has 0 aromatic heterocycles. The highest BCUT2D eigenvalue weighted by Gasteiger charge is 2.22. The third-order valence-electron chi connectivity index (χ3n) is 3.26. The van der Waals surface area contributed by atoms with Gasteiger partial charge in [-0.25, -0.2) is 4.39 Å². The first-order chi connectivity index (χ1) is 9.58. The van der Waals surface area contributed by atoms with Gasteiger partial charge in [0.25, 0.3) is 0 Å². The first-order valence-electron chi connectivity index (χ1n) is 6.84. The highest BCUT2D eigenvalue weighted by molar-refractivity contribution is 5.41. The predicted octanol–water partition coefficient (Wildman–Crippen LogP) is 1.78. The first-order valence-corrected chi connectivity index (χ1v) is 6.84. The van der Waals surface area contributed by atoms with Crippen molar-refractivity contribution in [1.29, 1.82) is 0 Å². The lowest BCUT2D eigenvalue weighted by atomic mass is 10.1. The number of aliphatic hydroxyl groups is 1. The number of ether oxygens (including phenoxy) is 1. The molecule has 1 N–H and O–H groups in total. The van der Waals surface area contributed by atoms with E-state index in [1.54, 1.807) is 6.07 Å². The van der Waals surface area contributed by atoms with Crippen LogP contribution in [0.1, 0.15) is 25.0 Å². The number of hydrogen-bond acceptors (Lipinski definition) is 3. The van der Waals surface area contributed by atoms with Gasteiger partial charge in [0.2, 0.25) is 0 Å². The lowest BCUT2D eigenvalue weighted by Crippen LogP contribution is -2.44. The summed E-state index contributed by atoms with van der Waals surface area (Å²) in [5, 5.41) is 8.78. The van der Waals surface area contributed by atoms with Gasteiger partial charge in [0.15, 0.2) is 0 Å². The molecule has 4 heteroatoms. The van der Waals surface area contributed by atoms with E-state index in [-0.39, 0.29) is 24.6 Å². The van der Waals surface area contributed by atoms with E-state index in [9.17, 15) is 4.39 Å². The average molecular weight is 277 g/mol. The summed E-state index contributed by atoms with van der Waals surface area (Å²) < 4.78 is 19.0. The molecular weight excluding hydrogens is 257 g/mol. The summed E-state index contributed by atoms with van der Waals surface area (Å²) >= 11 is 0. The van der Waals surface area contributed by atoms with Crippen molar-refractivity contribution in [2.24, 2.45) is 0 Å². The average Bonchev–Trinajstić information content (AvgIpc) is 2.38. The SMILES string of the molecule is CC1CN(Cc2ccc(F)cc2C#CCO)CC(C)O1. The van der Waals surface area contributed by atoms with Crippen molar-refractivity contribution in [3.8, 4) is 11.8 Å². The fraction of sp³-hybridized carbons (Fsp3) is 0.500. The lowest BCUT2D eigenvalue weighted by molar-refractivity contribution is -0.0705. The van der Waals surface area contributed by atoms with Crippen molar-refractivity contribution >= 4 is 0 Å². The molecule has 20 heavy (non-hydrogen) atoms. The number of nitrogens with zero attached hydrogens (tertiary/aromatic N) is 1. The van der Waals surface area contributed by atoms with E-state index >= 15 is 0 Å². The van der Waals surface area contributed by atoms with Crippen LogP contribution < -0.4 is 0 Å². The molecule has 1 aromatic rings. The Hall–Kier alpha value is -1.41. The zero-order chi connectivity index (χ0) is 14.5. The summed E-state index contributed by atoms with van der Waals surface area (Å²) in [6, 6.07) is 4.64. The summed E-state index contributed by atoms with van der Waals surface area (Å²) in [7, 11) is 0. The topological polar surface area (TPSA) is 32.7 Å². The maximum absolute atomic E-state index is 13.3. The van der Waals surface area contributed by atoms with Gasteiger partial charge in [0.1, 0.15) is 12.4 Å². The van der Waals surface area contributed by atoms with E-state index in [2.05, 4.69) is 30.6 Å². The summed E-state index contributed by atoms with van der Waals surface area (Å²) in [4.78, 5) is 2.29. The third-order valence-corrected chi connectivity index (χ3v) is 3.26. The van der Waals surface area contributed by atoms with Crippen LogP contribution in [0.3, 0.4) is 0 Å². The van der Waals surface area contributed by atoms with Gasteiger partial charge in [-0.3, -0.25) is 4.90 Å². The molecule has 0 radical (unpaired) electrons. The van der Waals surface area contributed by atoms with Crippen LogP contribution in [0.5, 0.6) is 0 Å². The molecule has 0 amide bonds. The fourth-order valence-corrected chi connectivity index (χ4v) is 2.59. The Morgan fingerprint density at radius 2 is 2.05 bits per heavy atom. The molecule has 1 aliphatic heterocycles. The van der Waals surface area contributed by atoms with Crippen LogP contribution in [0, 0.1) is 17.7 Å². The van der Waals surface area contributed by atoms with Crippen molar-refractivity contribution in [2.45, 2.75) is 32.6 Å². The van der Waals surface area contributed by atoms with Crippen molar-refractivity contribution in [3.05, 3.63) is 35.1 Å². The monoisotopic (exact) mass is 277 g/mol. The van der Waals surface area contributed by atoms with Gasteiger partial charge in [-0.2, -0.15) is 0 Å². The van der Waals surface area contributed by atoms with Crippen LogP contribution >= 0.6 is 0 Å². The second-order valence-electron chi connectivity index (χ2n) is 5.21. The second kappa shape index (κ2) is 6.85. The molecule has 1 aromatic carbocycles. The Kier molecular flexibility index (Phi) is 5.13. The van der Waals surface area contributed by atoms with Crippen molar-refractivity contribution in [2.75, 3.05) is 19.7 Å². The number of morpholine rings is 1. The van der Waals surface area contributed by atoms with Crippen molar-refractivity contribution in [1.82, 2.24) is 4.90 Å². The molecule has 1 fully saturated rings.